The second kappa shape index (κ2) is 8.26. The van der Waals surface area contributed by atoms with Gasteiger partial charge in [0.15, 0.2) is 0 Å². The number of amides is 2. The third-order valence-electron chi connectivity index (χ3n) is 5.73. The van der Waals surface area contributed by atoms with Gasteiger partial charge in [0.05, 0.1) is 24.1 Å². The van der Waals surface area contributed by atoms with Gasteiger partial charge in [0.25, 0.3) is 5.91 Å². The van der Waals surface area contributed by atoms with E-state index in [9.17, 15) is 9.59 Å². The Kier molecular flexibility index (Phi) is 6.20. The highest BCUT2D eigenvalue weighted by Crippen LogP contribution is 2.45. The first-order chi connectivity index (χ1) is 12.9. The molecule has 150 valence electrons. The van der Waals surface area contributed by atoms with Gasteiger partial charge in [-0.05, 0) is 37.8 Å². The second-order valence-electron chi connectivity index (χ2n) is 7.39. The van der Waals surface area contributed by atoms with Gasteiger partial charge in [-0.15, -0.1) is 11.3 Å². The summed E-state index contributed by atoms with van der Waals surface area (Å²) in [5.74, 6) is -0.263. The van der Waals surface area contributed by atoms with Crippen molar-refractivity contribution >= 4 is 23.2 Å². The third-order valence-corrected chi connectivity index (χ3v) is 7.08. The molecule has 0 aliphatic carbocycles. The van der Waals surface area contributed by atoms with Crippen molar-refractivity contribution in [3.63, 3.8) is 0 Å². The lowest BCUT2D eigenvalue weighted by molar-refractivity contribution is -0.128. The number of rotatable bonds is 6. The van der Waals surface area contributed by atoms with Crippen molar-refractivity contribution in [3.05, 3.63) is 21.4 Å². The Morgan fingerprint density at radius 2 is 2.15 bits per heavy atom. The smallest absolute Gasteiger partial charge is 0.263 e. The zero-order valence-corrected chi connectivity index (χ0v) is 17.1. The Bertz CT molecular complexity index is 697. The number of nitrogens with two attached hydrogens (primary N) is 1. The highest BCUT2D eigenvalue weighted by molar-refractivity contribution is 7.14. The zero-order chi connectivity index (χ0) is 19.6. The lowest BCUT2D eigenvalue weighted by Gasteiger charge is -2.44. The summed E-state index contributed by atoms with van der Waals surface area (Å²) in [6.07, 6.45) is 2.46. The van der Waals surface area contributed by atoms with Crippen molar-refractivity contribution in [2.75, 3.05) is 47.0 Å². The maximum absolute atomic E-state index is 12.7. The maximum atomic E-state index is 12.7. The molecule has 8 heteroatoms. The lowest BCUT2D eigenvalue weighted by Crippen LogP contribution is -2.51. The van der Waals surface area contributed by atoms with Gasteiger partial charge >= 0.3 is 0 Å². The Labute approximate surface area is 164 Å². The average Bonchev–Trinajstić information content (AvgIpc) is 3.11. The summed E-state index contributed by atoms with van der Waals surface area (Å²) in [4.78, 5) is 30.0. The molecule has 3 rings (SSSR count). The van der Waals surface area contributed by atoms with E-state index >= 15 is 0 Å². The van der Waals surface area contributed by atoms with Crippen LogP contribution in [0.4, 0.5) is 0 Å². The number of likely N-dealkylation sites (N-methyl/N-ethyl adjacent to an activating group) is 1. The van der Waals surface area contributed by atoms with E-state index in [1.54, 1.807) is 30.4 Å². The quantitative estimate of drug-likeness (QED) is 0.782. The van der Waals surface area contributed by atoms with Crippen LogP contribution in [0.15, 0.2) is 6.07 Å². The van der Waals surface area contributed by atoms with Crippen molar-refractivity contribution < 1.29 is 19.1 Å². The largest absolute Gasteiger partial charge is 0.383 e. The summed E-state index contributed by atoms with van der Waals surface area (Å²) in [5.41, 5.74) is 6.34. The van der Waals surface area contributed by atoms with E-state index in [0.29, 0.717) is 19.8 Å². The number of methoxy groups -OCH3 is 1. The number of fused-ring (bicyclic) bond motifs is 2. The number of hydrogen-bond acceptors (Lipinski definition) is 6. The van der Waals surface area contributed by atoms with Crippen LogP contribution in [0.3, 0.4) is 0 Å². The molecule has 1 saturated heterocycles. The lowest BCUT2D eigenvalue weighted by atomic mass is 9.85. The van der Waals surface area contributed by atoms with E-state index in [-0.39, 0.29) is 23.5 Å². The molecule has 1 atom stereocenters. The first-order valence-corrected chi connectivity index (χ1v) is 10.2. The monoisotopic (exact) mass is 395 g/mol. The van der Waals surface area contributed by atoms with Crippen molar-refractivity contribution in [2.45, 2.75) is 37.8 Å². The number of carbonyl (C=O) groups excluding carboxylic acids is 2. The number of nitrogens with zero attached hydrogens (tertiary/aromatic N) is 2. The second-order valence-corrected chi connectivity index (χ2v) is 8.44. The molecule has 1 unspecified atom stereocenters. The summed E-state index contributed by atoms with van der Waals surface area (Å²) in [6, 6.07) is 1.77. The molecule has 7 nitrogen and oxygen atoms in total. The van der Waals surface area contributed by atoms with Gasteiger partial charge in [-0.25, -0.2) is 0 Å². The molecule has 27 heavy (non-hydrogen) atoms. The molecule has 1 fully saturated rings. The van der Waals surface area contributed by atoms with Crippen LogP contribution in [-0.2, 0) is 26.3 Å². The van der Waals surface area contributed by atoms with Crippen LogP contribution < -0.4 is 5.73 Å². The first kappa shape index (κ1) is 20.3. The fraction of sp³-hybridized carbons (Fsp3) is 0.684. The highest BCUT2D eigenvalue weighted by Gasteiger charge is 2.43. The molecule has 0 radical (unpaired) electrons. The van der Waals surface area contributed by atoms with Crippen LogP contribution in [0.5, 0.6) is 0 Å². The van der Waals surface area contributed by atoms with Crippen LogP contribution in [0, 0.1) is 0 Å². The summed E-state index contributed by atoms with van der Waals surface area (Å²) < 4.78 is 11.3. The summed E-state index contributed by atoms with van der Waals surface area (Å²) >= 11 is 1.56. The molecular weight excluding hydrogens is 366 g/mol. The molecule has 1 aromatic rings. The van der Waals surface area contributed by atoms with Crippen LogP contribution in [-0.4, -0.2) is 74.7 Å². The van der Waals surface area contributed by atoms with Gasteiger partial charge in [0.1, 0.15) is 5.60 Å². The fourth-order valence-corrected chi connectivity index (χ4v) is 5.27. The van der Waals surface area contributed by atoms with E-state index < -0.39 is 0 Å². The molecule has 1 aromatic heterocycles. The number of thiophene rings is 1. The van der Waals surface area contributed by atoms with Crippen molar-refractivity contribution in [3.8, 4) is 0 Å². The van der Waals surface area contributed by atoms with E-state index in [1.165, 1.54) is 10.4 Å². The number of carbonyl (C=O) groups is 2. The maximum Gasteiger partial charge on any atom is 0.263 e. The van der Waals surface area contributed by atoms with Crippen LogP contribution in [0.25, 0.3) is 0 Å². The number of ether oxygens (including phenoxy) is 2. The van der Waals surface area contributed by atoms with Gasteiger partial charge in [0.2, 0.25) is 5.91 Å². The standard InChI is InChI=1S/C19H29N3O4S/c1-13(17(20)23)22-7-5-19(6-8-22)16-14(4-10-26-19)12-15(27-16)18(24)21(2)9-11-25-3/h12-13H,4-11H2,1-3H3,(H2,20,23). The molecule has 1 spiro atoms. The van der Waals surface area contributed by atoms with Gasteiger partial charge in [-0.1, -0.05) is 0 Å². The Morgan fingerprint density at radius 3 is 2.78 bits per heavy atom. The van der Waals surface area contributed by atoms with Crippen LogP contribution >= 0.6 is 11.3 Å². The van der Waals surface area contributed by atoms with E-state index in [1.807, 2.05) is 13.0 Å². The molecular formula is C19H29N3O4S. The minimum absolute atomic E-state index is 0.0291. The molecule has 2 amide bonds. The molecule has 2 aliphatic heterocycles. The minimum atomic E-state index is -0.338. The topological polar surface area (TPSA) is 85.1 Å². The molecule has 0 bridgehead atoms. The number of hydrogen-bond donors (Lipinski definition) is 1. The normalized spacial score (nSPS) is 20.3. The Morgan fingerprint density at radius 1 is 1.44 bits per heavy atom. The van der Waals surface area contributed by atoms with Crippen molar-refractivity contribution in [2.24, 2.45) is 5.73 Å². The average molecular weight is 396 g/mol. The molecule has 0 aromatic carbocycles. The van der Waals surface area contributed by atoms with E-state index in [4.69, 9.17) is 15.2 Å². The number of piperidine rings is 1. The minimum Gasteiger partial charge on any atom is -0.383 e. The third kappa shape index (κ3) is 4.03. The molecule has 0 saturated carbocycles. The predicted molar refractivity (Wildman–Crippen MR) is 104 cm³/mol. The fourth-order valence-electron chi connectivity index (χ4n) is 3.87. The van der Waals surface area contributed by atoms with Crippen LogP contribution in [0.1, 0.15) is 39.9 Å². The van der Waals surface area contributed by atoms with Gasteiger partial charge in [0, 0.05) is 38.7 Å². The summed E-state index contributed by atoms with van der Waals surface area (Å²) in [6.45, 7) is 5.14. The zero-order valence-electron chi connectivity index (χ0n) is 16.3. The van der Waals surface area contributed by atoms with Crippen LogP contribution in [0.2, 0.25) is 0 Å². The SMILES string of the molecule is COCCN(C)C(=O)c1cc2c(s1)C1(CCN(C(C)C(N)=O)CC1)OCC2. The number of primary amides is 1. The van der Waals surface area contributed by atoms with Gasteiger partial charge in [-0.3, -0.25) is 14.5 Å². The van der Waals surface area contributed by atoms with Gasteiger partial charge < -0.3 is 20.1 Å². The molecule has 3 heterocycles. The Hall–Kier alpha value is -1.48. The number of likely N-dealkylation sites (tertiary alicyclic amines) is 1. The summed E-state index contributed by atoms with van der Waals surface area (Å²) in [7, 11) is 3.44. The van der Waals surface area contributed by atoms with Crippen molar-refractivity contribution in [1.82, 2.24) is 9.80 Å². The van der Waals surface area contributed by atoms with Gasteiger partial charge in [-0.2, -0.15) is 0 Å². The Balaban J connectivity index is 1.76. The summed E-state index contributed by atoms with van der Waals surface area (Å²) in [5, 5.41) is 0. The first-order valence-electron chi connectivity index (χ1n) is 9.43. The van der Waals surface area contributed by atoms with E-state index in [2.05, 4.69) is 4.90 Å². The molecule has 2 aliphatic rings. The molecule has 2 N–H and O–H groups in total. The highest BCUT2D eigenvalue weighted by atomic mass is 32.1. The van der Waals surface area contributed by atoms with E-state index in [0.717, 1.165) is 37.2 Å². The predicted octanol–water partition coefficient (Wildman–Crippen LogP) is 1.20. The van der Waals surface area contributed by atoms with Crippen molar-refractivity contribution in [1.29, 1.82) is 0 Å².